The monoisotopic (exact) mass is 258 g/mol. The highest BCUT2D eigenvalue weighted by molar-refractivity contribution is 5.35. The Morgan fingerprint density at radius 3 is 2.63 bits per heavy atom. The van der Waals surface area contributed by atoms with Gasteiger partial charge in [-0.15, -0.1) is 0 Å². The van der Waals surface area contributed by atoms with Crippen LogP contribution in [-0.2, 0) is 13.0 Å². The predicted octanol–water partition coefficient (Wildman–Crippen LogP) is 2.94. The van der Waals surface area contributed by atoms with Crippen molar-refractivity contribution in [1.29, 1.82) is 0 Å². The molecule has 0 fully saturated rings. The molecule has 0 amide bonds. The Bertz CT molecular complexity index is 557. The molecule has 2 rings (SSSR count). The van der Waals surface area contributed by atoms with Gasteiger partial charge in [0.15, 0.2) is 0 Å². The second kappa shape index (κ2) is 5.87. The van der Waals surface area contributed by atoms with Crippen molar-refractivity contribution in [3.05, 3.63) is 40.8 Å². The predicted molar refractivity (Wildman–Crippen MR) is 78.6 cm³/mol. The van der Waals surface area contributed by atoms with Gasteiger partial charge in [0.25, 0.3) is 0 Å². The molecule has 4 heteroatoms. The molecule has 0 bridgehead atoms. The van der Waals surface area contributed by atoms with E-state index in [0.29, 0.717) is 0 Å². The van der Waals surface area contributed by atoms with E-state index in [1.54, 1.807) is 0 Å². The Hall–Kier alpha value is -1.84. The zero-order valence-electron chi connectivity index (χ0n) is 12.2. The van der Waals surface area contributed by atoms with E-state index in [-0.39, 0.29) is 0 Å². The third kappa shape index (κ3) is 2.95. The van der Waals surface area contributed by atoms with E-state index in [0.717, 1.165) is 36.7 Å². The fourth-order valence-corrected chi connectivity index (χ4v) is 2.40. The van der Waals surface area contributed by atoms with E-state index < -0.39 is 0 Å². The molecule has 0 aliphatic carbocycles. The summed E-state index contributed by atoms with van der Waals surface area (Å²) in [6.07, 6.45) is 1.03. The lowest BCUT2D eigenvalue weighted by atomic mass is 10.1. The van der Waals surface area contributed by atoms with Crippen molar-refractivity contribution in [2.45, 2.75) is 40.7 Å². The summed E-state index contributed by atoms with van der Waals surface area (Å²) in [5, 5.41) is 7.84. The van der Waals surface area contributed by atoms with Gasteiger partial charge in [-0.1, -0.05) is 13.0 Å². The highest BCUT2D eigenvalue weighted by atomic mass is 15.3. The first-order valence-corrected chi connectivity index (χ1v) is 6.88. The maximum absolute atomic E-state index is 4.61. The van der Waals surface area contributed by atoms with Crippen molar-refractivity contribution in [2.24, 2.45) is 0 Å². The van der Waals surface area contributed by atoms with Crippen LogP contribution in [0.15, 0.2) is 18.2 Å². The summed E-state index contributed by atoms with van der Waals surface area (Å²) in [4.78, 5) is 4.59. The molecule has 1 N–H and O–H groups in total. The number of hydrogen-bond donors (Lipinski definition) is 1. The molecule has 0 spiro atoms. The second-order valence-corrected chi connectivity index (χ2v) is 4.71. The van der Waals surface area contributed by atoms with Gasteiger partial charge in [-0.2, -0.15) is 5.10 Å². The Kier molecular flexibility index (Phi) is 4.20. The van der Waals surface area contributed by atoms with Crippen LogP contribution in [0.1, 0.15) is 36.5 Å². The van der Waals surface area contributed by atoms with Gasteiger partial charge in [0, 0.05) is 12.2 Å². The number of nitrogens with one attached hydrogen (secondary N) is 1. The molecule has 4 nitrogen and oxygen atoms in total. The van der Waals surface area contributed by atoms with Gasteiger partial charge < -0.3 is 5.32 Å². The van der Waals surface area contributed by atoms with E-state index in [1.165, 1.54) is 11.3 Å². The SMILES string of the molecule is CCNc1cccc(Cn2nc(C)c(CC)c2C)n1. The van der Waals surface area contributed by atoms with Crippen molar-refractivity contribution in [3.63, 3.8) is 0 Å². The second-order valence-electron chi connectivity index (χ2n) is 4.71. The Balaban J connectivity index is 2.23. The van der Waals surface area contributed by atoms with E-state index in [9.17, 15) is 0 Å². The number of nitrogens with zero attached hydrogens (tertiary/aromatic N) is 3. The lowest BCUT2D eigenvalue weighted by Crippen LogP contribution is -2.07. The maximum atomic E-state index is 4.61. The van der Waals surface area contributed by atoms with Gasteiger partial charge in [0.05, 0.1) is 17.9 Å². The Labute approximate surface area is 114 Å². The van der Waals surface area contributed by atoms with Crippen LogP contribution in [0.25, 0.3) is 0 Å². The number of hydrogen-bond acceptors (Lipinski definition) is 3. The minimum absolute atomic E-state index is 0.728. The number of anilines is 1. The summed E-state index contributed by atoms with van der Waals surface area (Å²) in [6.45, 7) is 10.1. The standard InChI is InChI=1S/C15H22N4/c1-5-14-11(3)18-19(12(14)4)10-13-8-7-9-15(17-13)16-6-2/h7-9H,5-6,10H2,1-4H3,(H,16,17). The summed E-state index contributed by atoms with van der Waals surface area (Å²) in [5.41, 5.74) is 4.76. The first kappa shape index (κ1) is 13.6. The number of rotatable bonds is 5. The molecule has 0 saturated carbocycles. The van der Waals surface area contributed by atoms with Gasteiger partial charge in [0.2, 0.25) is 0 Å². The van der Waals surface area contributed by atoms with Gasteiger partial charge in [-0.05, 0) is 44.9 Å². The van der Waals surface area contributed by atoms with Gasteiger partial charge in [0.1, 0.15) is 5.82 Å². The minimum Gasteiger partial charge on any atom is -0.370 e. The zero-order chi connectivity index (χ0) is 13.8. The smallest absolute Gasteiger partial charge is 0.126 e. The van der Waals surface area contributed by atoms with Crippen LogP contribution >= 0.6 is 0 Å². The van der Waals surface area contributed by atoms with Crippen molar-refractivity contribution < 1.29 is 0 Å². The van der Waals surface area contributed by atoms with Crippen molar-refractivity contribution in [3.8, 4) is 0 Å². The summed E-state index contributed by atoms with van der Waals surface area (Å²) >= 11 is 0. The number of aryl methyl sites for hydroxylation is 1. The van der Waals surface area contributed by atoms with Gasteiger partial charge in [-0.3, -0.25) is 4.68 Å². The van der Waals surface area contributed by atoms with Crippen molar-refractivity contribution >= 4 is 5.82 Å². The molecule has 19 heavy (non-hydrogen) atoms. The molecular weight excluding hydrogens is 236 g/mol. The van der Waals surface area contributed by atoms with Crippen LogP contribution in [0, 0.1) is 13.8 Å². The summed E-state index contributed by atoms with van der Waals surface area (Å²) in [6, 6.07) is 6.07. The minimum atomic E-state index is 0.728. The molecule has 0 radical (unpaired) electrons. The quantitative estimate of drug-likeness (QED) is 0.896. The average Bonchev–Trinajstić information content (AvgIpc) is 2.65. The third-order valence-corrected chi connectivity index (χ3v) is 3.36. The molecule has 0 unspecified atom stereocenters. The Morgan fingerprint density at radius 2 is 2.00 bits per heavy atom. The van der Waals surface area contributed by atoms with Gasteiger partial charge in [-0.25, -0.2) is 4.98 Å². The van der Waals surface area contributed by atoms with Crippen LogP contribution in [0.3, 0.4) is 0 Å². The lowest BCUT2D eigenvalue weighted by molar-refractivity contribution is 0.646. The van der Waals surface area contributed by atoms with Crippen LogP contribution in [0.4, 0.5) is 5.82 Å². The highest BCUT2D eigenvalue weighted by Crippen LogP contribution is 2.15. The average molecular weight is 258 g/mol. The van der Waals surface area contributed by atoms with Crippen LogP contribution < -0.4 is 5.32 Å². The van der Waals surface area contributed by atoms with Crippen molar-refractivity contribution in [1.82, 2.24) is 14.8 Å². The molecule has 0 aromatic carbocycles. The summed E-state index contributed by atoms with van der Waals surface area (Å²) < 4.78 is 2.05. The Morgan fingerprint density at radius 1 is 1.21 bits per heavy atom. The zero-order valence-corrected chi connectivity index (χ0v) is 12.2. The normalized spacial score (nSPS) is 10.7. The molecule has 0 atom stereocenters. The molecule has 2 aromatic heterocycles. The van der Waals surface area contributed by atoms with E-state index >= 15 is 0 Å². The highest BCUT2D eigenvalue weighted by Gasteiger charge is 2.10. The maximum Gasteiger partial charge on any atom is 0.126 e. The summed E-state index contributed by atoms with van der Waals surface area (Å²) in [5.74, 6) is 0.928. The van der Waals surface area contributed by atoms with E-state index in [1.807, 2.05) is 22.9 Å². The van der Waals surface area contributed by atoms with Crippen molar-refractivity contribution in [2.75, 3.05) is 11.9 Å². The first-order valence-electron chi connectivity index (χ1n) is 6.88. The molecule has 2 heterocycles. The molecule has 0 saturated heterocycles. The van der Waals surface area contributed by atoms with E-state index in [4.69, 9.17) is 0 Å². The largest absolute Gasteiger partial charge is 0.370 e. The molecule has 0 aliphatic heterocycles. The first-order chi connectivity index (χ1) is 9.15. The molecule has 2 aromatic rings. The fourth-order valence-electron chi connectivity index (χ4n) is 2.40. The summed E-state index contributed by atoms with van der Waals surface area (Å²) in [7, 11) is 0. The number of aromatic nitrogens is 3. The van der Waals surface area contributed by atoms with Crippen LogP contribution in [0.5, 0.6) is 0 Å². The van der Waals surface area contributed by atoms with Crippen LogP contribution in [-0.4, -0.2) is 21.3 Å². The van der Waals surface area contributed by atoms with Gasteiger partial charge >= 0.3 is 0 Å². The van der Waals surface area contributed by atoms with E-state index in [2.05, 4.69) is 43.1 Å². The molecule has 102 valence electrons. The fraction of sp³-hybridized carbons (Fsp3) is 0.467. The van der Waals surface area contributed by atoms with Crippen LogP contribution in [0.2, 0.25) is 0 Å². The topological polar surface area (TPSA) is 42.7 Å². The molecular formula is C15H22N4. The third-order valence-electron chi connectivity index (χ3n) is 3.36. The number of pyridine rings is 1. The lowest BCUT2D eigenvalue weighted by Gasteiger charge is -2.07. The molecule has 0 aliphatic rings.